The average Bonchev–Trinajstić information content (AvgIpc) is 2.40. The zero-order valence-electron chi connectivity index (χ0n) is 9.94. The minimum Gasteiger partial charge on any atom is -0.374 e. The number of hydrogen-bond donors (Lipinski definition) is 1. The second-order valence-corrected chi connectivity index (χ2v) is 5.63. The van der Waals surface area contributed by atoms with Crippen molar-refractivity contribution in [2.24, 2.45) is 0 Å². The van der Waals surface area contributed by atoms with E-state index in [2.05, 4.69) is 42.2 Å². The molecule has 104 valence electrons. The van der Waals surface area contributed by atoms with Crippen molar-refractivity contribution in [2.75, 3.05) is 5.32 Å². The quantitative estimate of drug-likeness (QED) is 0.610. The second kappa shape index (κ2) is 6.27. The normalized spacial score (nSPS) is 10.3. The molecule has 0 unspecified atom stereocenters. The van der Waals surface area contributed by atoms with E-state index < -0.39 is 4.92 Å². The summed E-state index contributed by atoms with van der Waals surface area (Å²) in [4.78, 5) is 14.1. The van der Waals surface area contributed by atoms with Gasteiger partial charge in [-0.3, -0.25) is 15.1 Å². The third kappa shape index (κ3) is 3.31. The number of anilines is 1. The van der Waals surface area contributed by atoms with Crippen LogP contribution >= 0.6 is 31.9 Å². The van der Waals surface area contributed by atoms with Crippen molar-refractivity contribution in [3.05, 3.63) is 61.0 Å². The van der Waals surface area contributed by atoms with Gasteiger partial charge in [-0.25, -0.2) is 4.39 Å². The number of rotatable bonds is 4. The molecule has 0 spiro atoms. The Morgan fingerprint density at radius 2 is 2.10 bits per heavy atom. The maximum absolute atomic E-state index is 13.6. The number of halogens is 3. The molecule has 0 fully saturated rings. The smallest absolute Gasteiger partial charge is 0.311 e. The Balaban J connectivity index is 2.27. The Morgan fingerprint density at radius 3 is 2.80 bits per heavy atom. The van der Waals surface area contributed by atoms with Crippen LogP contribution in [-0.2, 0) is 6.54 Å². The van der Waals surface area contributed by atoms with Gasteiger partial charge in [0.2, 0.25) is 0 Å². The molecule has 0 atom stereocenters. The number of benzene rings is 1. The Bertz CT molecular complexity index is 667. The predicted octanol–water partition coefficient (Wildman–Crippen LogP) is 4.27. The first-order chi connectivity index (χ1) is 9.49. The Morgan fingerprint density at radius 1 is 1.35 bits per heavy atom. The predicted molar refractivity (Wildman–Crippen MR) is 80.0 cm³/mol. The van der Waals surface area contributed by atoms with E-state index in [4.69, 9.17) is 0 Å². The van der Waals surface area contributed by atoms with Crippen molar-refractivity contribution in [3.63, 3.8) is 0 Å². The molecule has 0 aliphatic rings. The van der Waals surface area contributed by atoms with E-state index in [-0.39, 0.29) is 23.7 Å². The van der Waals surface area contributed by atoms with Crippen molar-refractivity contribution in [1.82, 2.24) is 4.98 Å². The molecule has 0 amide bonds. The van der Waals surface area contributed by atoms with Crippen molar-refractivity contribution in [1.29, 1.82) is 0 Å². The Kier molecular flexibility index (Phi) is 4.66. The topological polar surface area (TPSA) is 68.1 Å². The Labute approximate surface area is 130 Å². The second-order valence-electron chi connectivity index (χ2n) is 3.86. The van der Waals surface area contributed by atoms with Crippen LogP contribution in [0.4, 0.5) is 15.8 Å². The lowest BCUT2D eigenvalue weighted by atomic mass is 10.2. The molecule has 0 aliphatic heterocycles. The molecule has 1 N–H and O–H groups in total. The summed E-state index contributed by atoms with van der Waals surface area (Å²) in [7, 11) is 0. The summed E-state index contributed by atoms with van der Waals surface area (Å²) in [5, 5.41) is 13.8. The van der Waals surface area contributed by atoms with Crippen molar-refractivity contribution < 1.29 is 9.31 Å². The molecule has 0 saturated carbocycles. The van der Waals surface area contributed by atoms with E-state index in [0.29, 0.717) is 10.0 Å². The van der Waals surface area contributed by atoms with Crippen LogP contribution in [-0.4, -0.2) is 9.91 Å². The highest BCUT2D eigenvalue weighted by molar-refractivity contribution is 9.10. The highest BCUT2D eigenvalue weighted by Gasteiger charge is 2.17. The molecule has 1 aromatic carbocycles. The van der Waals surface area contributed by atoms with Gasteiger partial charge in [0, 0.05) is 22.8 Å². The number of aromatic nitrogens is 1. The fourth-order valence-electron chi connectivity index (χ4n) is 1.60. The fourth-order valence-corrected chi connectivity index (χ4v) is 2.47. The maximum atomic E-state index is 13.6. The number of pyridine rings is 1. The lowest BCUT2D eigenvalue weighted by Crippen LogP contribution is -2.05. The van der Waals surface area contributed by atoms with Gasteiger partial charge < -0.3 is 5.32 Å². The van der Waals surface area contributed by atoms with Gasteiger partial charge in [-0.05, 0) is 34.1 Å². The monoisotopic (exact) mass is 403 g/mol. The molecule has 1 aromatic heterocycles. The molecule has 2 rings (SSSR count). The lowest BCUT2D eigenvalue weighted by molar-refractivity contribution is -0.384. The summed E-state index contributed by atoms with van der Waals surface area (Å²) >= 11 is 6.44. The molecule has 0 bridgehead atoms. The number of nitro groups is 1. The van der Waals surface area contributed by atoms with E-state index in [0.717, 1.165) is 10.7 Å². The van der Waals surface area contributed by atoms with Crippen LogP contribution in [0.1, 0.15) is 5.56 Å². The molecule has 2 aromatic rings. The fraction of sp³-hybridized carbons (Fsp3) is 0.0833. The highest BCUT2D eigenvalue weighted by atomic mass is 79.9. The van der Waals surface area contributed by atoms with Gasteiger partial charge in [0.1, 0.15) is 17.7 Å². The van der Waals surface area contributed by atoms with Gasteiger partial charge >= 0.3 is 5.69 Å². The Hall–Kier alpha value is -1.54. The molecule has 1 heterocycles. The first-order valence-electron chi connectivity index (χ1n) is 5.44. The highest BCUT2D eigenvalue weighted by Crippen LogP contribution is 2.31. The molecule has 5 nitrogen and oxygen atoms in total. The molecular formula is C12H8Br2FN3O2. The minimum absolute atomic E-state index is 0.120. The van der Waals surface area contributed by atoms with E-state index in [9.17, 15) is 14.5 Å². The summed E-state index contributed by atoms with van der Waals surface area (Å²) in [6.07, 6.45) is 2.58. The lowest BCUT2D eigenvalue weighted by Gasteiger charge is -2.09. The van der Waals surface area contributed by atoms with Gasteiger partial charge in [-0.1, -0.05) is 15.9 Å². The largest absolute Gasteiger partial charge is 0.374 e. The van der Waals surface area contributed by atoms with Crippen LogP contribution in [0.2, 0.25) is 0 Å². The molecule has 0 saturated heterocycles. The SMILES string of the molecule is O=[N+]([O-])c1cncc(Br)c1NCc1cc(Br)ccc1F. The number of nitrogens with zero attached hydrogens (tertiary/aromatic N) is 2. The van der Waals surface area contributed by atoms with Crippen molar-refractivity contribution >= 4 is 43.2 Å². The van der Waals surface area contributed by atoms with Crippen molar-refractivity contribution in [2.45, 2.75) is 6.54 Å². The summed E-state index contributed by atoms with van der Waals surface area (Å²) < 4.78 is 14.8. The first-order valence-corrected chi connectivity index (χ1v) is 7.03. The third-order valence-electron chi connectivity index (χ3n) is 2.54. The zero-order chi connectivity index (χ0) is 14.7. The first kappa shape index (κ1) is 14.9. The van der Waals surface area contributed by atoms with E-state index in [1.54, 1.807) is 12.1 Å². The van der Waals surface area contributed by atoms with Crippen LogP contribution < -0.4 is 5.32 Å². The summed E-state index contributed by atoms with van der Waals surface area (Å²) in [6, 6.07) is 4.53. The van der Waals surface area contributed by atoms with E-state index >= 15 is 0 Å². The van der Waals surface area contributed by atoms with Crippen LogP contribution in [0.5, 0.6) is 0 Å². The van der Waals surface area contributed by atoms with E-state index in [1.807, 2.05) is 0 Å². The summed E-state index contributed by atoms with van der Waals surface area (Å²) in [5.74, 6) is -0.381. The summed E-state index contributed by atoms with van der Waals surface area (Å²) in [5.41, 5.74) is 0.497. The zero-order valence-corrected chi connectivity index (χ0v) is 13.1. The van der Waals surface area contributed by atoms with Gasteiger partial charge in [0.15, 0.2) is 0 Å². The van der Waals surface area contributed by atoms with Crippen LogP contribution in [0, 0.1) is 15.9 Å². The van der Waals surface area contributed by atoms with Gasteiger partial charge in [0.05, 0.1) is 9.40 Å². The van der Waals surface area contributed by atoms with Crippen LogP contribution in [0.15, 0.2) is 39.5 Å². The van der Waals surface area contributed by atoms with Gasteiger partial charge in [-0.15, -0.1) is 0 Å². The minimum atomic E-state index is -0.544. The standard InChI is InChI=1S/C12H8Br2FN3O2/c13-8-1-2-10(15)7(3-8)4-17-12-9(14)5-16-6-11(12)18(19)20/h1-3,5-6H,4H2,(H,16,17). The van der Waals surface area contributed by atoms with E-state index in [1.165, 1.54) is 12.3 Å². The molecule has 0 aliphatic carbocycles. The van der Waals surface area contributed by atoms with Gasteiger partial charge in [0.25, 0.3) is 0 Å². The average molecular weight is 405 g/mol. The molecule has 0 radical (unpaired) electrons. The molecule has 8 heteroatoms. The summed E-state index contributed by atoms with van der Waals surface area (Å²) in [6.45, 7) is 0.120. The molecule has 20 heavy (non-hydrogen) atoms. The van der Waals surface area contributed by atoms with Crippen LogP contribution in [0.25, 0.3) is 0 Å². The van der Waals surface area contributed by atoms with Gasteiger partial charge in [-0.2, -0.15) is 0 Å². The van der Waals surface area contributed by atoms with Crippen LogP contribution in [0.3, 0.4) is 0 Å². The number of hydrogen-bond acceptors (Lipinski definition) is 4. The molecular weight excluding hydrogens is 397 g/mol. The van der Waals surface area contributed by atoms with Crippen molar-refractivity contribution in [3.8, 4) is 0 Å². The third-order valence-corrected chi connectivity index (χ3v) is 3.63. The maximum Gasteiger partial charge on any atom is 0.311 e. The number of nitrogens with one attached hydrogen (secondary N) is 1.